The average molecular weight is 762 g/mol. The van der Waals surface area contributed by atoms with Crippen LogP contribution in [0.1, 0.15) is 142 Å². The molecular formula is C43H72NO8P. The quantitative estimate of drug-likeness (QED) is 0.0160. The van der Waals surface area contributed by atoms with Crippen molar-refractivity contribution in [3.05, 3.63) is 85.1 Å². The molecule has 0 fully saturated rings. The summed E-state index contributed by atoms with van der Waals surface area (Å²) < 4.78 is 32.4. The van der Waals surface area contributed by atoms with E-state index in [0.717, 1.165) is 44.9 Å². The van der Waals surface area contributed by atoms with E-state index in [1.54, 1.807) is 6.08 Å². The molecule has 53 heavy (non-hydrogen) atoms. The van der Waals surface area contributed by atoms with Gasteiger partial charge in [-0.2, -0.15) is 0 Å². The third-order valence-electron chi connectivity index (χ3n) is 7.87. The molecule has 0 amide bonds. The Kier molecular flexibility index (Phi) is 36.8. The van der Waals surface area contributed by atoms with Crippen molar-refractivity contribution in [3.63, 3.8) is 0 Å². The maximum absolute atomic E-state index is 12.5. The highest BCUT2D eigenvalue weighted by Crippen LogP contribution is 2.43. The predicted octanol–water partition coefficient (Wildman–Crippen LogP) is 11.3. The predicted molar refractivity (Wildman–Crippen MR) is 219 cm³/mol. The van der Waals surface area contributed by atoms with Crippen LogP contribution in [0.15, 0.2) is 85.1 Å². The Hall–Kier alpha value is -2.81. The van der Waals surface area contributed by atoms with Crippen molar-refractivity contribution < 1.29 is 37.6 Å². The van der Waals surface area contributed by atoms with Gasteiger partial charge in [-0.3, -0.25) is 13.8 Å². The number of ether oxygens (including phenoxy) is 2. The van der Waals surface area contributed by atoms with Crippen LogP contribution in [0.5, 0.6) is 0 Å². The van der Waals surface area contributed by atoms with Crippen molar-refractivity contribution in [2.75, 3.05) is 26.4 Å². The van der Waals surface area contributed by atoms with Crippen LogP contribution in [0.4, 0.5) is 0 Å². The van der Waals surface area contributed by atoms with E-state index < -0.39 is 32.5 Å². The highest BCUT2D eigenvalue weighted by atomic mass is 31.2. The fourth-order valence-corrected chi connectivity index (χ4v) is 5.70. The van der Waals surface area contributed by atoms with Crippen LogP contribution in [0.3, 0.4) is 0 Å². The van der Waals surface area contributed by atoms with Gasteiger partial charge in [-0.1, -0.05) is 157 Å². The zero-order chi connectivity index (χ0) is 38.9. The molecule has 0 heterocycles. The molecule has 9 nitrogen and oxygen atoms in total. The Bertz CT molecular complexity index is 1140. The summed E-state index contributed by atoms with van der Waals surface area (Å²) in [4.78, 5) is 34.6. The monoisotopic (exact) mass is 761 g/mol. The number of unbranched alkanes of at least 4 members (excludes halogenated alkanes) is 12. The molecule has 2 atom stereocenters. The summed E-state index contributed by atoms with van der Waals surface area (Å²) in [6, 6.07) is 0. The zero-order valence-corrected chi connectivity index (χ0v) is 33.9. The van der Waals surface area contributed by atoms with Crippen LogP contribution in [-0.4, -0.2) is 49.3 Å². The second-order valence-corrected chi connectivity index (χ2v) is 14.3. The van der Waals surface area contributed by atoms with E-state index in [2.05, 4.69) is 68.5 Å². The molecule has 3 N–H and O–H groups in total. The molecule has 302 valence electrons. The van der Waals surface area contributed by atoms with Crippen LogP contribution in [0.25, 0.3) is 0 Å². The Morgan fingerprint density at radius 3 is 1.74 bits per heavy atom. The Balaban J connectivity index is 4.42. The number of hydrogen-bond donors (Lipinski definition) is 2. The Labute approximate surface area is 322 Å². The lowest BCUT2D eigenvalue weighted by Gasteiger charge is -2.19. The maximum atomic E-state index is 12.5. The molecule has 0 aromatic carbocycles. The second-order valence-electron chi connectivity index (χ2n) is 12.8. The number of carbonyl (C=O) groups is 2. The summed E-state index contributed by atoms with van der Waals surface area (Å²) in [5, 5.41) is 0. The molecule has 0 aliphatic heterocycles. The van der Waals surface area contributed by atoms with Crippen molar-refractivity contribution >= 4 is 19.8 Å². The molecule has 0 aliphatic carbocycles. The molecule has 0 spiro atoms. The van der Waals surface area contributed by atoms with Gasteiger partial charge in [-0.25, -0.2) is 9.36 Å². The van der Waals surface area contributed by atoms with Gasteiger partial charge in [0.25, 0.3) is 0 Å². The Morgan fingerprint density at radius 2 is 1.17 bits per heavy atom. The number of hydrogen-bond acceptors (Lipinski definition) is 8. The molecule has 0 saturated heterocycles. The van der Waals surface area contributed by atoms with Crippen LogP contribution in [-0.2, 0) is 32.7 Å². The first kappa shape index (κ1) is 50.2. The van der Waals surface area contributed by atoms with Gasteiger partial charge in [0.05, 0.1) is 13.2 Å². The fraction of sp³-hybridized carbons (Fsp3) is 0.628. The standard InChI is InChI=1S/C43H72NO8P/c1-3-5-7-9-11-13-15-17-19-20-22-24-26-28-30-32-34-36-43(46)52-41(40-51-53(47,48)50-38-37-44)39-49-42(45)35-33-31-29-27-25-23-21-18-16-14-12-10-8-6-4-2/h5,7,11,13,17,19,22,24,28-31,33,35,41H,3-4,6,8-10,12,14-16,18,20-21,23,25-27,32,34,36-40,44H2,1-2H3,(H,47,48)/b7-5+,13-11+,19-17+,24-22+,30-28+,31-29+,35-33+/t41-/m1/s1. The van der Waals surface area contributed by atoms with Gasteiger partial charge in [-0.15, -0.1) is 0 Å². The SMILES string of the molecule is CC/C=C/C/C=C/C/C=C/C/C=C/C/C=C/CCCC(=O)O[C@H](COC(=O)/C=C/C=C/CCCCCCCCCCCCC)COP(=O)(O)OCCN. The van der Waals surface area contributed by atoms with Gasteiger partial charge in [0.1, 0.15) is 6.61 Å². The average Bonchev–Trinajstić information content (AvgIpc) is 3.14. The van der Waals surface area contributed by atoms with Gasteiger partial charge < -0.3 is 20.1 Å². The van der Waals surface area contributed by atoms with Crippen molar-refractivity contribution in [3.8, 4) is 0 Å². The van der Waals surface area contributed by atoms with Gasteiger partial charge >= 0.3 is 19.8 Å². The first-order valence-electron chi connectivity index (χ1n) is 20.1. The topological polar surface area (TPSA) is 134 Å². The summed E-state index contributed by atoms with van der Waals surface area (Å²) in [5.74, 6) is -1.16. The van der Waals surface area contributed by atoms with Gasteiger partial charge in [-0.05, 0) is 57.8 Å². The summed E-state index contributed by atoms with van der Waals surface area (Å²) in [6.07, 6.45) is 48.3. The number of rotatable bonds is 36. The van der Waals surface area contributed by atoms with E-state index >= 15 is 0 Å². The molecule has 1 unspecified atom stereocenters. The smallest absolute Gasteiger partial charge is 0.458 e. The Morgan fingerprint density at radius 1 is 0.642 bits per heavy atom. The van der Waals surface area contributed by atoms with Crippen molar-refractivity contribution in [1.82, 2.24) is 0 Å². The van der Waals surface area contributed by atoms with Crippen molar-refractivity contribution in [2.45, 2.75) is 148 Å². The van der Waals surface area contributed by atoms with Gasteiger partial charge in [0, 0.05) is 19.0 Å². The van der Waals surface area contributed by atoms with Crippen LogP contribution in [0.2, 0.25) is 0 Å². The summed E-state index contributed by atoms with van der Waals surface area (Å²) >= 11 is 0. The summed E-state index contributed by atoms with van der Waals surface area (Å²) in [7, 11) is -4.41. The first-order chi connectivity index (χ1) is 25.8. The van der Waals surface area contributed by atoms with Crippen LogP contribution >= 0.6 is 7.82 Å². The van der Waals surface area contributed by atoms with E-state index in [9.17, 15) is 19.0 Å². The van der Waals surface area contributed by atoms with Crippen LogP contribution < -0.4 is 5.73 Å². The third-order valence-corrected chi connectivity index (χ3v) is 8.85. The molecule has 0 aliphatic rings. The van der Waals surface area contributed by atoms with E-state index in [1.165, 1.54) is 70.3 Å². The fourth-order valence-electron chi connectivity index (χ4n) is 4.93. The number of phosphoric ester groups is 1. The largest absolute Gasteiger partial charge is 0.472 e. The van der Waals surface area contributed by atoms with Crippen molar-refractivity contribution in [1.29, 1.82) is 0 Å². The second kappa shape index (κ2) is 38.9. The molecule has 0 radical (unpaired) electrons. The summed E-state index contributed by atoms with van der Waals surface area (Å²) in [5.41, 5.74) is 5.33. The van der Waals surface area contributed by atoms with Gasteiger partial charge in [0.15, 0.2) is 6.10 Å². The lowest BCUT2D eigenvalue weighted by Crippen LogP contribution is -2.29. The molecule has 0 aromatic heterocycles. The number of phosphoric acid groups is 1. The molecular weight excluding hydrogens is 689 g/mol. The number of esters is 2. The number of nitrogens with two attached hydrogens (primary N) is 1. The van der Waals surface area contributed by atoms with E-state index in [0.29, 0.717) is 12.8 Å². The number of allylic oxidation sites excluding steroid dienone is 13. The minimum Gasteiger partial charge on any atom is -0.458 e. The molecule has 0 rings (SSSR count). The minimum atomic E-state index is -4.41. The van der Waals surface area contributed by atoms with Gasteiger partial charge in [0.2, 0.25) is 0 Å². The van der Waals surface area contributed by atoms with E-state index in [4.69, 9.17) is 24.3 Å². The molecule has 10 heteroatoms. The first-order valence-corrected chi connectivity index (χ1v) is 21.6. The van der Waals surface area contributed by atoms with E-state index in [-0.39, 0.29) is 26.2 Å². The summed E-state index contributed by atoms with van der Waals surface area (Å²) in [6.45, 7) is 3.39. The molecule has 0 bridgehead atoms. The lowest BCUT2D eigenvalue weighted by atomic mass is 10.1. The molecule has 0 aromatic rings. The maximum Gasteiger partial charge on any atom is 0.472 e. The van der Waals surface area contributed by atoms with Crippen LogP contribution in [0, 0.1) is 0 Å². The number of carbonyl (C=O) groups excluding carboxylic acids is 2. The normalized spacial score (nSPS) is 14.3. The van der Waals surface area contributed by atoms with E-state index in [1.807, 2.05) is 18.2 Å². The highest BCUT2D eigenvalue weighted by Gasteiger charge is 2.25. The molecule has 0 saturated carbocycles. The minimum absolute atomic E-state index is 0.0297. The highest BCUT2D eigenvalue weighted by molar-refractivity contribution is 7.47. The zero-order valence-electron chi connectivity index (χ0n) is 33.0. The third kappa shape index (κ3) is 38.7. The van der Waals surface area contributed by atoms with Crippen molar-refractivity contribution in [2.24, 2.45) is 5.73 Å². The lowest BCUT2D eigenvalue weighted by molar-refractivity contribution is -0.159.